The van der Waals surface area contributed by atoms with Crippen molar-refractivity contribution < 1.29 is 4.79 Å². The SMILES string of the molecule is Cc1ccc(CC(=O)c2ccc(-c3ccncc3)s2)cc1. The highest BCUT2D eigenvalue weighted by Crippen LogP contribution is 2.28. The van der Waals surface area contributed by atoms with Crippen molar-refractivity contribution in [2.45, 2.75) is 13.3 Å². The maximum Gasteiger partial charge on any atom is 0.177 e. The molecule has 3 aromatic rings. The van der Waals surface area contributed by atoms with Gasteiger partial charge in [0.25, 0.3) is 0 Å². The highest BCUT2D eigenvalue weighted by molar-refractivity contribution is 7.17. The normalized spacial score (nSPS) is 10.5. The summed E-state index contributed by atoms with van der Waals surface area (Å²) < 4.78 is 0. The van der Waals surface area contributed by atoms with Crippen LogP contribution in [-0.4, -0.2) is 10.8 Å². The Morgan fingerprint density at radius 3 is 2.43 bits per heavy atom. The summed E-state index contributed by atoms with van der Waals surface area (Å²) in [5.41, 5.74) is 3.37. The predicted molar refractivity (Wildman–Crippen MR) is 86.8 cm³/mol. The average Bonchev–Trinajstić information content (AvgIpc) is 3.00. The summed E-state index contributed by atoms with van der Waals surface area (Å²) in [5, 5.41) is 0. The Morgan fingerprint density at radius 2 is 1.71 bits per heavy atom. The maximum absolute atomic E-state index is 12.3. The molecule has 2 nitrogen and oxygen atoms in total. The van der Waals surface area contributed by atoms with E-state index >= 15 is 0 Å². The Kier molecular flexibility index (Phi) is 3.93. The minimum atomic E-state index is 0.171. The van der Waals surface area contributed by atoms with Gasteiger partial charge in [-0.15, -0.1) is 11.3 Å². The average molecular weight is 293 g/mol. The molecule has 0 fully saturated rings. The summed E-state index contributed by atoms with van der Waals surface area (Å²) in [6, 6.07) is 16.0. The first-order chi connectivity index (χ1) is 10.2. The van der Waals surface area contributed by atoms with E-state index in [1.54, 1.807) is 12.4 Å². The number of Topliss-reactive ketones (excluding diaryl/α,β-unsaturated/α-hetero) is 1. The first kappa shape index (κ1) is 13.7. The van der Waals surface area contributed by atoms with Gasteiger partial charge in [-0.3, -0.25) is 9.78 Å². The molecule has 0 amide bonds. The van der Waals surface area contributed by atoms with Crippen molar-refractivity contribution in [3.63, 3.8) is 0 Å². The molecule has 0 bridgehead atoms. The third-order valence-corrected chi connectivity index (χ3v) is 4.51. The summed E-state index contributed by atoms with van der Waals surface area (Å²) in [7, 11) is 0. The van der Waals surface area contributed by atoms with Gasteiger partial charge in [0.1, 0.15) is 0 Å². The molecule has 104 valence electrons. The van der Waals surface area contributed by atoms with Crippen LogP contribution < -0.4 is 0 Å². The van der Waals surface area contributed by atoms with Crippen LogP contribution in [0.5, 0.6) is 0 Å². The summed E-state index contributed by atoms with van der Waals surface area (Å²) in [5.74, 6) is 0.171. The largest absolute Gasteiger partial charge is 0.293 e. The van der Waals surface area contributed by atoms with Gasteiger partial charge in [0.2, 0.25) is 0 Å². The second kappa shape index (κ2) is 6.02. The zero-order valence-electron chi connectivity index (χ0n) is 11.7. The zero-order chi connectivity index (χ0) is 14.7. The highest BCUT2D eigenvalue weighted by atomic mass is 32.1. The molecule has 0 saturated heterocycles. The molecule has 0 saturated carbocycles. The number of hydrogen-bond acceptors (Lipinski definition) is 3. The number of ketones is 1. The molecule has 3 rings (SSSR count). The van der Waals surface area contributed by atoms with Crippen molar-refractivity contribution in [3.05, 3.63) is 76.9 Å². The Labute approximate surface area is 128 Å². The molecule has 3 heteroatoms. The summed E-state index contributed by atoms with van der Waals surface area (Å²) >= 11 is 1.54. The van der Waals surface area contributed by atoms with Gasteiger partial charge in [0.05, 0.1) is 4.88 Å². The highest BCUT2D eigenvalue weighted by Gasteiger charge is 2.11. The smallest absolute Gasteiger partial charge is 0.177 e. The number of thiophene rings is 1. The van der Waals surface area contributed by atoms with Gasteiger partial charge in [0, 0.05) is 23.7 Å². The van der Waals surface area contributed by atoms with Crippen LogP contribution in [0.3, 0.4) is 0 Å². The van der Waals surface area contributed by atoms with E-state index in [1.165, 1.54) is 16.9 Å². The summed E-state index contributed by atoms with van der Waals surface area (Å²) in [6.45, 7) is 2.05. The van der Waals surface area contributed by atoms with Crippen LogP contribution in [0.25, 0.3) is 10.4 Å². The fraction of sp³-hybridized carbons (Fsp3) is 0.111. The standard InChI is InChI=1S/C18H15NOS/c1-13-2-4-14(5-3-13)12-16(20)18-7-6-17(21-18)15-8-10-19-11-9-15/h2-11H,12H2,1H3. The van der Waals surface area contributed by atoms with Crippen molar-refractivity contribution in [1.29, 1.82) is 0 Å². The molecule has 2 aromatic heterocycles. The molecular formula is C18H15NOS. The van der Waals surface area contributed by atoms with E-state index < -0.39 is 0 Å². The summed E-state index contributed by atoms with van der Waals surface area (Å²) in [6.07, 6.45) is 3.99. The van der Waals surface area contributed by atoms with Crippen molar-refractivity contribution in [2.24, 2.45) is 0 Å². The van der Waals surface area contributed by atoms with Crippen LogP contribution in [-0.2, 0) is 6.42 Å². The predicted octanol–water partition coefficient (Wildman–Crippen LogP) is 4.54. The molecular weight excluding hydrogens is 278 g/mol. The summed E-state index contributed by atoms with van der Waals surface area (Å²) in [4.78, 5) is 18.3. The lowest BCUT2D eigenvalue weighted by molar-refractivity contribution is 0.0997. The first-order valence-electron chi connectivity index (χ1n) is 6.81. The lowest BCUT2D eigenvalue weighted by atomic mass is 10.1. The van der Waals surface area contributed by atoms with Crippen LogP contribution >= 0.6 is 11.3 Å². The van der Waals surface area contributed by atoms with Gasteiger partial charge >= 0.3 is 0 Å². The lowest BCUT2D eigenvalue weighted by Crippen LogP contribution is -2.00. The number of rotatable bonds is 4. The van der Waals surface area contributed by atoms with Gasteiger partial charge in [-0.2, -0.15) is 0 Å². The first-order valence-corrected chi connectivity index (χ1v) is 7.63. The Bertz CT molecular complexity index is 744. The number of pyridine rings is 1. The number of benzene rings is 1. The van der Waals surface area contributed by atoms with Crippen molar-refractivity contribution >= 4 is 17.1 Å². The Hall–Kier alpha value is -2.26. The van der Waals surface area contributed by atoms with Gasteiger partial charge in [0.15, 0.2) is 5.78 Å². The van der Waals surface area contributed by atoms with Crippen molar-refractivity contribution in [3.8, 4) is 10.4 Å². The molecule has 0 radical (unpaired) electrons. The Morgan fingerprint density at radius 1 is 1.00 bits per heavy atom. The molecule has 0 unspecified atom stereocenters. The third-order valence-electron chi connectivity index (χ3n) is 3.33. The third kappa shape index (κ3) is 3.26. The minimum Gasteiger partial charge on any atom is -0.293 e. The number of nitrogens with zero attached hydrogens (tertiary/aromatic N) is 1. The fourth-order valence-corrected chi connectivity index (χ4v) is 3.09. The van der Waals surface area contributed by atoms with E-state index in [0.29, 0.717) is 6.42 Å². The number of carbonyl (C=O) groups excluding carboxylic acids is 1. The molecule has 0 spiro atoms. The minimum absolute atomic E-state index is 0.171. The number of hydrogen-bond donors (Lipinski definition) is 0. The molecule has 0 N–H and O–H groups in total. The van der Waals surface area contributed by atoms with Gasteiger partial charge in [-0.1, -0.05) is 29.8 Å². The second-order valence-electron chi connectivity index (χ2n) is 4.99. The quantitative estimate of drug-likeness (QED) is 0.661. The van der Waals surface area contributed by atoms with Crippen molar-refractivity contribution in [2.75, 3.05) is 0 Å². The maximum atomic E-state index is 12.3. The molecule has 0 aliphatic rings. The lowest BCUT2D eigenvalue weighted by Gasteiger charge is -2.00. The second-order valence-corrected chi connectivity index (χ2v) is 6.07. The van der Waals surface area contributed by atoms with E-state index in [0.717, 1.165) is 20.9 Å². The van der Waals surface area contributed by atoms with Crippen molar-refractivity contribution in [1.82, 2.24) is 4.98 Å². The van der Waals surface area contributed by atoms with E-state index in [-0.39, 0.29) is 5.78 Å². The molecule has 2 heterocycles. The molecule has 1 aromatic carbocycles. The van der Waals surface area contributed by atoms with E-state index in [1.807, 2.05) is 55.5 Å². The molecule has 0 aliphatic carbocycles. The van der Waals surface area contributed by atoms with Crippen LogP contribution in [0.15, 0.2) is 60.9 Å². The van der Waals surface area contributed by atoms with Crippen LogP contribution in [0, 0.1) is 6.92 Å². The van der Waals surface area contributed by atoms with E-state index in [4.69, 9.17) is 0 Å². The van der Waals surface area contributed by atoms with Gasteiger partial charge in [-0.25, -0.2) is 0 Å². The molecule has 0 atom stereocenters. The van der Waals surface area contributed by atoms with Crippen LogP contribution in [0.2, 0.25) is 0 Å². The van der Waals surface area contributed by atoms with Crippen LogP contribution in [0.4, 0.5) is 0 Å². The molecule has 21 heavy (non-hydrogen) atoms. The number of carbonyl (C=O) groups is 1. The Balaban J connectivity index is 1.77. The van der Waals surface area contributed by atoms with E-state index in [9.17, 15) is 4.79 Å². The number of aromatic nitrogens is 1. The zero-order valence-corrected chi connectivity index (χ0v) is 12.6. The molecule has 0 aliphatic heterocycles. The van der Waals surface area contributed by atoms with Crippen LogP contribution in [0.1, 0.15) is 20.8 Å². The van der Waals surface area contributed by atoms with Gasteiger partial charge < -0.3 is 0 Å². The topological polar surface area (TPSA) is 30.0 Å². The van der Waals surface area contributed by atoms with E-state index in [2.05, 4.69) is 4.98 Å². The monoisotopic (exact) mass is 293 g/mol. The van der Waals surface area contributed by atoms with Gasteiger partial charge in [-0.05, 0) is 42.3 Å². The number of aryl methyl sites for hydroxylation is 1. The fourth-order valence-electron chi connectivity index (χ4n) is 2.14.